The number of carbonyl (C=O) groups is 2. The molecule has 2 amide bonds. The van der Waals surface area contributed by atoms with E-state index in [9.17, 15) is 9.59 Å². The van der Waals surface area contributed by atoms with E-state index in [0.29, 0.717) is 0 Å². The number of quaternary nitrogens is 1. The zero-order chi connectivity index (χ0) is 19.9. The van der Waals surface area contributed by atoms with Crippen molar-refractivity contribution in [3.63, 3.8) is 0 Å². The van der Waals surface area contributed by atoms with Gasteiger partial charge in [-0.25, -0.2) is 0 Å². The molecular formula is C22H29N4O2+. The maximum absolute atomic E-state index is 12.8. The van der Waals surface area contributed by atoms with E-state index in [-0.39, 0.29) is 17.9 Å². The highest BCUT2D eigenvalue weighted by Gasteiger charge is 2.26. The minimum absolute atomic E-state index is 0.0993. The van der Waals surface area contributed by atoms with Gasteiger partial charge in [-0.2, -0.15) is 0 Å². The fraction of sp³-hybridized carbons (Fsp3) is 0.364. The molecule has 2 aromatic carbocycles. The molecule has 0 radical (unpaired) electrons. The Labute approximate surface area is 166 Å². The highest BCUT2D eigenvalue weighted by molar-refractivity contribution is 5.89. The quantitative estimate of drug-likeness (QED) is 0.708. The molecule has 2 aromatic rings. The molecule has 6 heteroatoms. The Morgan fingerprint density at radius 3 is 2.21 bits per heavy atom. The second kappa shape index (κ2) is 9.37. The highest BCUT2D eigenvalue weighted by atomic mass is 16.2. The summed E-state index contributed by atoms with van der Waals surface area (Å²) in [6.07, 6.45) is 0. The summed E-state index contributed by atoms with van der Waals surface area (Å²) in [5.41, 5.74) is 2.95. The van der Waals surface area contributed by atoms with Gasteiger partial charge in [-0.3, -0.25) is 9.59 Å². The molecule has 1 aliphatic rings. The van der Waals surface area contributed by atoms with Crippen LogP contribution in [-0.4, -0.2) is 48.9 Å². The molecule has 0 unspecified atom stereocenters. The van der Waals surface area contributed by atoms with Crippen LogP contribution in [-0.2, 0) is 16.1 Å². The molecule has 3 N–H and O–H groups in total. The molecule has 0 spiro atoms. The molecule has 3 rings (SSSR count). The lowest BCUT2D eigenvalue weighted by molar-refractivity contribution is -0.917. The number of carbonyl (C=O) groups excluding carboxylic acids is 2. The van der Waals surface area contributed by atoms with Crippen molar-refractivity contribution in [3.8, 4) is 0 Å². The summed E-state index contributed by atoms with van der Waals surface area (Å²) in [7, 11) is 0. The SMILES string of the molecule is CC(=O)Nc1ccc(N[C@H](C)C(=O)N2CC[NH+](Cc3ccccc3)CC2)cc1. The average molecular weight is 382 g/mol. The summed E-state index contributed by atoms with van der Waals surface area (Å²) in [6.45, 7) is 7.90. The number of hydrogen-bond acceptors (Lipinski definition) is 3. The largest absolute Gasteiger partial charge is 0.374 e. The first-order chi connectivity index (χ1) is 13.5. The summed E-state index contributed by atoms with van der Waals surface area (Å²) in [6, 6.07) is 17.6. The molecule has 0 saturated carbocycles. The Balaban J connectivity index is 1.47. The fourth-order valence-electron chi connectivity index (χ4n) is 3.54. The molecule has 28 heavy (non-hydrogen) atoms. The highest BCUT2D eigenvalue weighted by Crippen LogP contribution is 2.15. The maximum Gasteiger partial charge on any atom is 0.245 e. The molecule has 1 heterocycles. The Bertz CT molecular complexity index is 784. The Kier molecular flexibility index (Phi) is 6.66. The Hall–Kier alpha value is -2.86. The van der Waals surface area contributed by atoms with Gasteiger partial charge < -0.3 is 20.4 Å². The summed E-state index contributed by atoms with van der Waals surface area (Å²) >= 11 is 0. The Morgan fingerprint density at radius 1 is 1.00 bits per heavy atom. The van der Waals surface area contributed by atoms with Crippen LogP contribution >= 0.6 is 0 Å². The van der Waals surface area contributed by atoms with E-state index in [1.165, 1.54) is 17.4 Å². The van der Waals surface area contributed by atoms with Crippen LogP contribution in [0.4, 0.5) is 11.4 Å². The monoisotopic (exact) mass is 381 g/mol. The first-order valence-corrected chi connectivity index (χ1v) is 9.82. The Morgan fingerprint density at radius 2 is 1.61 bits per heavy atom. The van der Waals surface area contributed by atoms with Gasteiger partial charge in [0.1, 0.15) is 12.6 Å². The summed E-state index contributed by atoms with van der Waals surface area (Å²) in [4.78, 5) is 27.3. The van der Waals surface area contributed by atoms with Crippen molar-refractivity contribution in [2.75, 3.05) is 36.8 Å². The van der Waals surface area contributed by atoms with Crippen molar-refractivity contribution < 1.29 is 14.5 Å². The zero-order valence-electron chi connectivity index (χ0n) is 16.6. The van der Waals surface area contributed by atoms with Gasteiger partial charge in [-0.15, -0.1) is 0 Å². The van der Waals surface area contributed by atoms with Crippen molar-refractivity contribution in [2.45, 2.75) is 26.4 Å². The van der Waals surface area contributed by atoms with E-state index in [4.69, 9.17) is 0 Å². The minimum Gasteiger partial charge on any atom is -0.374 e. The molecule has 0 aromatic heterocycles. The van der Waals surface area contributed by atoms with Gasteiger partial charge in [-0.1, -0.05) is 30.3 Å². The van der Waals surface area contributed by atoms with Crippen LogP contribution in [0.1, 0.15) is 19.4 Å². The summed E-state index contributed by atoms with van der Waals surface area (Å²) in [5, 5.41) is 6.00. The van der Waals surface area contributed by atoms with Crippen molar-refractivity contribution >= 4 is 23.2 Å². The topological polar surface area (TPSA) is 65.9 Å². The second-order valence-electron chi connectivity index (χ2n) is 7.36. The first-order valence-electron chi connectivity index (χ1n) is 9.82. The predicted molar refractivity (Wildman–Crippen MR) is 111 cm³/mol. The summed E-state index contributed by atoms with van der Waals surface area (Å²) in [5.74, 6) is 0.0301. The van der Waals surface area contributed by atoms with Gasteiger partial charge in [0.25, 0.3) is 0 Å². The number of hydrogen-bond donors (Lipinski definition) is 3. The van der Waals surface area contributed by atoms with E-state index in [0.717, 1.165) is 44.1 Å². The number of nitrogens with one attached hydrogen (secondary N) is 3. The molecular weight excluding hydrogens is 352 g/mol. The first kappa shape index (κ1) is 19.9. The third-order valence-corrected chi connectivity index (χ3v) is 5.04. The molecule has 0 bridgehead atoms. The van der Waals surface area contributed by atoms with E-state index < -0.39 is 0 Å². The number of amides is 2. The minimum atomic E-state index is -0.290. The smallest absolute Gasteiger partial charge is 0.245 e. The van der Waals surface area contributed by atoms with Gasteiger partial charge in [0.05, 0.1) is 26.2 Å². The second-order valence-corrected chi connectivity index (χ2v) is 7.36. The van der Waals surface area contributed by atoms with Gasteiger partial charge in [0.2, 0.25) is 11.8 Å². The van der Waals surface area contributed by atoms with Crippen LogP contribution in [0.15, 0.2) is 54.6 Å². The van der Waals surface area contributed by atoms with Gasteiger partial charge in [0.15, 0.2) is 0 Å². The lowest BCUT2D eigenvalue weighted by atomic mass is 10.2. The molecule has 0 aliphatic carbocycles. The normalized spacial score (nSPS) is 15.7. The molecule has 1 atom stereocenters. The average Bonchev–Trinajstić information content (AvgIpc) is 2.70. The predicted octanol–water partition coefficient (Wildman–Crippen LogP) is 1.37. The van der Waals surface area contributed by atoms with Crippen molar-refractivity contribution in [1.82, 2.24) is 4.90 Å². The van der Waals surface area contributed by atoms with Crippen LogP contribution < -0.4 is 15.5 Å². The molecule has 1 aliphatic heterocycles. The van der Waals surface area contributed by atoms with Crippen LogP contribution in [0.3, 0.4) is 0 Å². The van der Waals surface area contributed by atoms with Crippen molar-refractivity contribution in [3.05, 3.63) is 60.2 Å². The number of anilines is 2. The van der Waals surface area contributed by atoms with Crippen molar-refractivity contribution in [2.24, 2.45) is 0 Å². The van der Waals surface area contributed by atoms with Gasteiger partial charge in [-0.05, 0) is 31.2 Å². The van der Waals surface area contributed by atoms with E-state index in [2.05, 4.69) is 34.9 Å². The van der Waals surface area contributed by atoms with E-state index >= 15 is 0 Å². The van der Waals surface area contributed by atoms with Crippen LogP contribution in [0.25, 0.3) is 0 Å². The third-order valence-electron chi connectivity index (χ3n) is 5.04. The number of piperazine rings is 1. The number of benzene rings is 2. The van der Waals surface area contributed by atoms with Crippen LogP contribution in [0.2, 0.25) is 0 Å². The summed E-state index contributed by atoms with van der Waals surface area (Å²) < 4.78 is 0. The standard InChI is InChI=1S/C22H28N4O2/c1-17(23-20-8-10-21(11-9-20)24-18(2)27)22(28)26-14-12-25(13-15-26)16-19-6-4-3-5-7-19/h3-11,17,23H,12-16H2,1-2H3,(H,24,27)/p+1/t17-/m1/s1. The van der Waals surface area contributed by atoms with E-state index in [1.807, 2.05) is 42.2 Å². The third kappa shape index (κ3) is 5.57. The lowest BCUT2D eigenvalue weighted by Crippen LogP contribution is -3.13. The van der Waals surface area contributed by atoms with Gasteiger partial charge >= 0.3 is 0 Å². The molecule has 6 nitrogen and oxygen atoms in total. The van der Waals surface area contributed by atoms with Gasteiger partial charge in [0, 0.05) is 23.9 Å². The lowest BCUT2D eigenvalue weighted by Gasteiger charge is -2.34. The number of nitrogens with zero attached hydrogens (tertiary/aromatic N) is 1. The molecule has 1 fully saturated rings. The van der Waals surface area contributed by atoms with Crippen LogP contribution in [0.5, 0.6) is 0 Å². The number of rotatable bonds is 6. The zero-order valence-corrected chi connectivity index (χ0v) is 16.6. The fourth-order valence-corrected chi connectivity index (χ4v) is 3.54. The van der Waals surface area contributed by atoms with Crippen LogP contribution in [0, 0.1) is 0 Å². The molecule has 1 saturated heterocycles. The van der Waals surface area contributed by atoms with E-state index in [1.54, 1.807) is 0 Å². The van der Waals surface area contributed by atoms with Crippen molar-refractivity contribution in [1.29, 1.82) is 0 Å². The molecule has 148 valence electrons. The maximum atomic E-state index is 12.8.